The Morgan fingerprint density at radius 3 is 0.875 bits per heavy atom. The van der Waals surface area contributed by atoms with Crippen LogP contribution in [0.4, 0.5) is 0 Å². The molecule has 4 nitrogen and oxygen atoms in total. The van der Waals surface area contributed by atoms with Gasteiger partial charge in [0.2, 0.25) is 0 Å². The number of fused-ring (bicyclic) bond motifs is 2. The number of aliphatic hydroxyl groups is 4. The van der Waals surface area contributed by atoms with Crippen LogP contribution >= 0.6 is 0 Å². The van der Waals surface area contributed by atoms with Gasteiger partial charge in [-0.1, -0.05) is 52.7 Å². The second-order valence-electron chi connectivity index (χ2n) is 9.76. The van der Waals surface area contributed by atoms with Gasteiger partial charge in [-0.2, -0.15) is 0 Å². The van der Waals surface area contributed by atoms with Crippen LogP contribution in [-0.2, 0) is 0 Å². The third kappa shape index (κ3) is 2.96. The van der Waals surface area contributed by atoms with E-state index >= 15 is 0 Å². The Kier molecular flexibility index (Phi) is 5.57. The van der Waals surface area contributed by atoms with E-state index in [-0.39, 0.29) is 72.8 Å². The summed E-state index contributed by atoms with van der Waals surface area (Å²) in [6.45, 7) is 13.2. The Morgan fingerprint density at radius 2 is 0.750 bits per heavy atom. The van der Waals surface area contributed by atoms with Crippen molar-refractivity contribution in [3.05, 3.63) is 11.1 Å². The van der Waals surface area contributed by atoms with E-state index in [4.69, 9.17) is 0 Å². The normalized spacial score (nSPS) is 37.2. The van der Waals surface area contributed by atoms with Crippen molar-refractivity contribution in [1.82, 2.24) is 0 Å². The minimum absolute atomic E-state index is 0.00789. The summed E-state index contributed by atoms with van der Waals surface area (Å²) < 4.78 is 0. The van der Waals surface area contributed by atoms with Crippen LogP contribution in [0, 0.1) is 46.3 Å². The highest BCUT2D eigenvalue weighted by Gasteiger charge is 2.59. The molecule has 0 aliphatic heterocycles. The average molecular weight is 341 g/mol. The summed E-state index contributed by atoms with van der Waals surface area (Å²) in [7, 11) is 0. The molecule has 0 heterocycles. The molecular weight excluding hydrogens is 304 g/mol. The molecule has 3 rings (SSSR count). The van der Waals surface area contributed by atoms with Gasteiger partial charge in [0.05, 0.1) is 0 Å². The second kappa shape index (κ2) is 6.71. The molecule has 2 unspecified atom stereocenters. The Balaban J connectivity index is 2.79. The molecular formula is C20H36O4. The summed E-state index contributed by atoms with van der Waals surface area (Å²) in [4.78, 5) is 0. The smallest absolute Gasteiger partial charge is 0.0468 e. The quantitative estimate of drug-likeness (QED) is 0.591. The summed E-state index contributed by atoms with van der Waals surface area (Å²) in [5, 5.41) is 40.3. The van der Waals surface area contributed by atoms with Crippen molar-refractivity contribution in [2.45, 2.75) is 41.5 Å². The van der Waals surface area contributed by atoms with E-state index in [1.165, 1.54) is 11.1 Å². The van der Waals surface area contributed by atoms with Crippen molar-refractivity contribution in [3.8, 4) is 0 Å². The highest BCUT2D eigenvalue weighted by molar-refractivity contribution is 5.38. The van der Waals surface area contributed by atoms with Crippen LogP contribution in [0.15, 0.2) is 11.1 Å². The van der Waals surface area contributed by atoms with Gasteiger partial charge in [0.15, 0.2) is 0 Å². The minimum Gasteiger partial charge on any atom is -0.396 e. The molecule has 0 aromatic rings. The molecule has 140 valence electrons. The fourth-order valence-corrected chi connectivity index (χ4v) is 5.72. The van der Waals surface area contributed by atoms with Gasteiger partial charge >= 0.3 is 0 Å². The molecule has 0 radical (unpaired) electrons. The number of rotatable bonds is 4. The van der Waals surface area contributed by atoms with Gasteiger partial charge in [0.25, 0.3) is 0 Å². The van der Waals surface area contributed by atoms with Crippen molar-refractivity contribution in [1.29, 1.82) is 0 Å². The molecule has 6 atom stereocenters. The van der Waals surface area contributed by atoms with Crippen molar-refractivity contribution in [2.75, 3.05) is 26.4 Å². The first kappa shape index (κ1) is 19.9. The van der Waals surface area contributed by atoms with Gasteiger partial charge in [0.1, 0.15) is 0 Å². The van der Waals surface area contributed by atoms with Gasteiger partial charge in [0, 0.05) is 26.4 Å². The molecule has 0 aromatic carbocycles. The standard InChI is InChI=1S/C20H36O4/c1-19(2,3)17-15-11(7-21)13(9-23)16(18(17)20(4,5)6)14(10-24)12(15)8-22/h11-16,21-24H,7-10H2,1-6H3/t11-,12+,13+,14-,15?,16?. The molecule has 0 amide bonds. The van der Waals surface area contributed by atoms with E-state index in [9.17, 15) is 20.4 Å². The highest BCUT2D eigenvalue weighted by Crippen LogP contribution is 2.63. The first-order chi connectivity index (χ1) is 11.0. The molecule has 2 bridgehead atoms. The lowest BCUT2D eigenvalue weighted by Gasteiger charge is -2.61. The monoisotopic (exact) mass is 340 g/mol. The molecule has 0 aromatic heterocycles. The third-order valence-electron chi connectivity index (χ3n) is 6.36. The third-order valence-corrected chi connectivity index (χ3v) is 6.36. The Morgan fingerprint density at radius 1 is 0.542 bits per heavy atom. The largest absolute Gasteiger partial charge is 0.396 e. The van der Waals surface area contributed by atoms with Crippen molar-refractivity contribution >= 4 is 0 Å². The topological polar surface area (TPSA) is 80.9 Å². The summed E-state index contributed by atoms with van der Waals surface area (Å²) in [6.07, 6.45) is 0. The van der Waals surface area contributed by atoms with Crippen molar-refractivity contribution in [2.24, 2.45) is 46.3 Å². The summed E-state index contributed by atoms with van der Waals surface area (Å²) in [6, 6.07) is 0. The molecule has 3 aliphatic carbocycles. The van der Waals surface area contributed by atoms with Crippen LogP contribution in [0.5, 0.6) is 0 Å². The van der Waals surface area contributed by atoms with Crippen LogP contribution in [0.2, 0.25) is 0 Å². The van der Waals surface area contributed by atoms with Gasteiger partial charge < -0.3 is 20.4 Å². The number of allylic oxidation sites excluding steroid dienone is 2. The maximum absolute atomic E-state index is 10.1. The molecule has 1 fully saturated rings. The van der Waals surface area contributed by atoms with Gasteiger partial charge in [-0.05, 0) is 46.3 Å². The van der Waals surface area contributed by atoms with E-state index in [0.29, 0.717) is 0 Å². The SMILES string of the molecule is CC(C)(C)C1=C(C(C)(C)C)C2[C@@H](CO)[C@@H](CO)C1[C@@H](CO)[C@H]2CO. The van der Waals surface area contributed by atoms with Gasteiger partial charge in [-0.15, -0.1) is 0 Å². The van der Waals surface area contributed by atoms with Crippen molar-refractivity contribution < 1.29 is 20.4 Å². The summed E-state index contributed by atoms with van der Waals surface area (Å²) in [5.74, 6) is -0.205. The Bertz CT molecular complexity index is 419. The predicted octanol–water partition coefficient (Wildman–Crippen LogP) is 2.07. The van der Waals surface area contributed by atoms with E-state index in [0.717, 1.165) is 0 Å². The zero-order valence-corrected chi connectivity index (χ0v) is 16.1. The molecule has 0 saturated heterocycles. The maximum atomic E-state index is 10.1. The van der Waals surface area contributed by atoms with E-state index in [1.54, 1.807) is 0 Å². The maximum Gasteiger partial charge on any atom is 0.0468 e. The molecule has 4 heteroatoms. The minimum atomic E-state index is -0.0762. The highest BCUT2D eigenvalue weighted by atomic mass is 16.3. The van der Waals surface area contributed by atoms with E-state index in [1.807, 2.05) is 0 Å². The summed E-state index contributed by atoms with van der Waals surface area (Å²) in [5.41, 5.74) is 2.50. The van der Waals surface area contributed by atoms with Crippen molar-refractivity contribution in [3.63, 3.8) is 0 Å². The Labute approximate surface area is 146 Å². The van der Waals surface area contributed by atoms with Gasteiger partial charge in [-0.25, -0.2) is 0 Å². The average Bonchev–Trinajstić information content (AvgIpc) is 2.49. The first-order valence-electron chi connectivity index (χ1n) is 9.23. The second-order valence-corrected chi connectivity index (χ2v) is 9.76. The Hall–Kier alpha value is -0.420. The van der Waals surface area contributed by atoms with E-state index in [2.05, 4.69) is 41.5 Å². The summed E-state index contributed by atoms with van der Waals surface area (Å²) >= 11 is 0. The number of aliphatic hydroxyl groups excluding tert-OH is 4. The molecule has 0 spiro atoms. The van der Waals surface area contributed by atoms with Crippen LogP contribution in [0.3, 0.4) is 0 Å². The molecule has 3 aliphatic rings. The lowest BCUT2D eigenvalue weighted by Crippen LogP contribution is -2.59. The lowest BCUT2D eigenvalue weighted by molar-refractivity contribution is -0.0968. The first-order valence-corrected chi connectivity index (χ1v) is 9.23. The zero-order valence-electron chi connectivity index (χ0n) is 16.1. The van der Waals surface area contributed by atoms with Crippen LogP contribution in [0.1, 0.15) is 41.5 Å². The van der Waals surface area contributed by atoms with E-state index < -0.39 is 0 Å². The number of hydrogen-bond acceptors (Lipinski definition) is 4. The zero-order chi connectivity index (χ0) is 18.4. The van der Waals surface area contributed by atoms with Crippen LogP contribution < -0.4 is 0 Å². The molecule has 24 heavy (non-hydrogen) atoms. The number of hydrogen-bond donors (Lipinski definition) is 4. The predicted molar refractivity (Wildman–Crippen MR) is 95.2 cm³/mol. The van der Waals surface area contributed by atoms with Crippen LogP contribution in [-0.4, -0.2) is 46.9 Å². The van der Waals surface area contributed by atoms with Crippen LogP contribution in [0.25, 0.3) is 0 Å². The molecule has 4 N–H and O–H groups in total. The lowest BCUT2D eigenvalue weighted by atomic mass is 9.44. The fourth-order valence-electron chi connectivity index (χ4n) is 5.72. The molecule has 1 saturated carbocycles. The fraction of sp³-hybridized carbons (Fsp3) is 0.900. The van der Waals surface area contributed by atoms with Gasteiger partial charge in [-0.3, -0.25) is 0 Å².